The fourth-order valence-corrected chi connectivity index (χ4v) is 4.49. The highest BCUT2D eigenvalue weighted by Crippen LogP contribution is 2.32. The van der Waals surface area contributed by atoms with Crippen molar-refractivity contribution in [2.45, 2.75) is 58.4 Å². The summed E-state index contributed by atoms with van der Waals surface area (Å²) in [5.41, 5.74) is 1.05. The van der Waals surface area contributed by atoms with Gasteiger partial charge in [-0.15, -0.1) is 0 Å². The first-order valence-electron chi connectivity index (χ1n) is 10.2. The van der Waals surface area contributed by atoms with Gasteiger partial charge in [-0.25, -0.2) is 0 Å². The summed E-state index contributed by atoms with van der Waals surface area (Å²) in [5.74, 6) is 2.10. The topological polar surface area (TPSA) is 53.8 Å². The number of furan rings is 1. The molecule has 5 nitrogen and oxygen atoms in total. The van der Waals surface area contributed by atoms with Crippen LogP contribution in [0.1, 0.15) is 72.4 Å². The molecule has 0 spiro atoms. The molecule has 26 heavy (non-hydrogen) atoms. The minimum absolute atomic E-state index is 0.0239. The molecule has 0 N–H and O–H groups in total. The Morgan fingerprint density at radius 3 is 2.77 bits per heavy atom. The first-order chi connectivity index (χ1) is 12.5. The van der Waals surface area contributed by atoms with Crippen LogP contribution in [0, 0.1) is 11.8 Å². The number of hydrogen-bond donors (Lipinski definition) is 0. The Morgan fingerprint density at radius 2 is 2.04 bits per heavy atom. The normalized spacial score (nSPS) is 24.7. The molecule has 142 valence electrons. The number of rotatable bonds is 4. The van der Waals surface area contributed by atoms with Gasteiger partial charge in [0.15, 0.2) is 5.78 Å². The van der Waals surface area contributed by atoms with E-state index in [2.05, 4.69) is 18.7 Å². The molecule has 0 aromatic carbocycles. The van der Waals surface area contributed by atoms with Gasteiger partial charge >= 0.3 is 0 Å². The average Bonchev–Trinajstić information content (AvgIpc) is 3.36. The van der Waals surface area contributed by atoms with Crippen molar-refractivity contribution in [1.29, 1.82) is 0 Å². The highest BCUT2D eigenvalue weighted by atomic mass is 16.3. The van der Waals surface area contributed by atoms with E-state index in [1.54, 1.807) is 0 Å². The van der Waals surface area contributed by atoms with E-state index in [0.717, 1.165) is 44.8 Å². The number of Topliss-reactive ketones (excluding diaryl/α,β-unsaturated/α-hetero) is 1. The summed E-state index contributed by atoms with van der Waals surface area (Å²) < 4.78 is 5.58. The standard InChI is InChI=1S/C21H30N2O3/c1-14(2)17-12-23(10-4-9-22(17)11-15-7-8-15)21(25)16-13-26-19-6-3-5-18(24)20(16)19/h13-15,17H,3-12H2,1-2H3. The SMILES string of the molecule is CC(C)C1CN(C(=O)c2coc3c2C(=O)CCC3)CCCN1CC1CC1. The van der Waals surface area contributed by atoms with Gasteiger partial charge in [0, 0.05) is 45.1 Å². The zero-order valence-electron chi connectivity index (χ0n) is 16.0. The molecule has 1 saturated carbocycles. The van der Waals surface area contributed by atoms with E-state index in [1.807, 2.05) is 4.90 Å². The van der Waals surface area contributed by atoms with Crippen LogP contribution in [0.3, 0.4) is 0 Å². The molecule has 1 amide bonds. The van der Waals surface area contributed by atoms with Crippen LogP contribution >= 0.6 is 0 Å². The molecule has 1 aliphatic heterocycles. The van der Waals surface area contributed by atoms with Gasteiger partial charge in [0.1, 0.15) is 12.0 Å². The molecule has 4 rings (SSSR count). The highest BCUT2D eigenvalue weighted by molar-refractivity contribution is 6.09. The van der Waals surface area contributed by atoms with Crippen LogP contribution in [0.2, 0.25) is 0 Å². The van der Waals surface area contributed by atoms with Gasteiger partial charge in [-0.05, 0) is 37.5 Å². The van der Waals surface area contributed by atoms with Crippen molar-refractivity contribution < 1.29 is 14.0 Å². The smallest absolute Gasteiger partial charge is 0.257 e. The van der Waals surface area contributed by atoms with Crippen molar-refractivity contribution in [2.24, 2.45) is 11.8 Å². The molecule has 1 atom stereocenters. The number of aryl methyl sites for hydroxylation is 1. The fourth-order valence-electron chi connectivity index (χ4n) is 4.49. The number of nitrogens with zero attached hydrogens (tertiary/aromatic N) is 2. The second-order valence-electron chi connectivity index (χ2n) is 8.58. The molecule has 2 heterocycles. The maximum atomic E-state index is 13.2. The van der Waals surface area contributed by atoms with E-state index >= 15 is 0 Å². The Balaban J connectivity index is 1.54. The average molecular weight is 358 g/mol. The lowest BCUT2D eigenvalue weighted by Gasteiger charge is -2.34. The summed E-state index contributed by atoms with van der Waals surface area (Å²) in [6, 6.07) is 0.389. The van der Waals surface area contributed by atoms with Crippen LogP contribution in [-0.4, -0.2) is 53.7 Å². The molecule has 1 aromatic heterocycles. The maximum Gasteiger partial charge on any atom is 0.257 e. The van der Waals surface area contributed by atoms with Gasteiger partial charge in [0.25, 0.3) is 5.91 Å². The third kappa shape index (κ3) is 3.46. The zero-order valence-corrected chi connectivity index (χ0v) is 16.0. The van der Waals surface area contributed by atoms with Gasteiger partial charge in [0.2, 0.25) is 0 Å². The minimum Gasteiger partial charge on any atom is -0.468 e. The van der Waals surface area contributed by atoms with Crippen molar-refractivity contribution >= 4 is 11.7 Å². The van der Waals surface area contributed by atoms with Crippen molar-refractivity contribution in [1.82, 2.24) is 9.80 Å². The lowest BCUT2D eigenvalue weighted by atomic mass is 9.93. The summed E-state index contributed by atoms with van der Waals surface area (Å²) in [4.78, 5) is 30.1. The highest BCUT2D eigenvalue weighted by Gasteiger charge is 2.35. The molecular weight excluding hydrogens is 328 g/mol. The molecule has 0 radical (unpaired) electrons. The Labute approximate surface area is 155 Å². The Hall–Kier alpha value is -1.62. The van der Waals surface area contributed by atoms with Gasteiger partial charge in [-0.2, -0.15) is 0 Å². The van der Waals surface area contributed by atoms with E-state index in [9.17, 15) is 9.59 Å². The van der Waals surface area contributed by atoms with Crippen LogP contribution in [0.4, 0.5) is 0 Å². The maximum absolute atomic E-state index is 13.2. The molecule has 5 heteroatoms. The number of hydrogen-bond acceptors (Lipinski definition) is 4. The van der Waals surface area contributed by atoms with Crippen LogP contribution in [0.5, 0.6) is 0 Å². The summed E-state index contributed by atoms with van der Waals surface area (Å²) in [5, 5.41) is 0. The van der Waals surface area contributed by atoms with Crippen molar-refractivity contribution in [3.05, 3.63) is 23.2 Å². The van der Waals surface area contributed by atoms with E-state index in [1.165, 1.54) is 25.6 Å². The van der Waals surface area contributed by atoms with Gasteiger partial charge in [-0.1, -0.05) is 13.8 Å². The lowest BCUT2D eigenvalue weighted by Crippen LogP contribution is -2.46. The van der Waals surface area contributed by atoms with Crippen molar-refractivity contribution in [2.75, 3.05) is 26.2 Å². The Bertz CT molecular complexity index is 689. The van der Waals surface area contributed by atoms with Crippen molar-refractivity contribution in [3.63, 3.8) is 0 Å². The number of ketones is 1. The Kier molecular flexibility index (Phi) is 4.91. The second-order valence-corrected chi connectivity index (χ2v) is 8.58. The second kappa shape index (κ2) is 7.18. The van der Waals surface area contributed by atoms with Crippen LogP contribution in [0.25, 0.3) is 0 Å². The van der Waals surface area contributed by atoms with Crippen molar-refractivity contribution in [3.8, 4) is 0 Å². The predicted molar refractivity (Wildman–Crippen MR) is 99.4 cm³/mol. The number of carbonyl (C=O) groups excluding carboxylic acids is 2. The van der Waals surface area contributed by atoms with Gasteiger partial charge < -0.3 is 9.32 Å². The first kappa shape index (κ1) is 17.8. The molecule has 0 bridgehead atoms. The summed E-state index contributed by atoms with van der Waals surface area (Å²) in [6.07, 6.45) is 7.33. The third-order valence-corrected chi connectivity index (χ3v) is 6.18. The van der Waals surface area contributed by atoms with Crippen LogP contribution in [0.15, 0.2) is 10.7 Å². The lowest BCUT2D eigenvalue weighted by molar-refractivity contribution is 0.0699. The number of fused-ring (bicyclic) bond motifs is 1. The molecule has 1 saturated heterocycles. The molecule has 2 aliphatic carbocycles. The summed E-state index contributed by atoms with van der Waals surface area (Å²) in [6.45, 7) is 8.24. The molecular formula is C21H30N2O3. The molecule has 2 fully saturated rings. The quantitative estimate of drug-likeness (QED) is 0.828. The largest absolute Gasteiger partial charge is 0.468 e. The van der Waals surface area contributed by atoms with E-state index < -0.39 is 0 Å². The monoisotopic (exact) mass is 358 g/mol. The van der Waals surface area contributed by atoms with Crippen LogP contribution < -0.4 is 0 Å². The van der Waals surface area contributed by atoms with Gasteiger partial charge in [0.05, 0.1) is 11.1 Å². The van der Waals surface area contributed by atoms with Crippen LogP contribution in [-0.2, 0) is 6.42 Å². The molecule has 1 unspecified atom stereocenters. The molecule has 3 aliphatic rings. The Morgan fingerprint density at radius 1 is 1.23 bits per heavy atom. The number of amides is 1. The first-order valence-corrected chi connectivity index (χ1v) is 10.2. The third-order valence-electron chi connectivity index (χ3n) is 6.18. The minimum atomic E-state index is -0.0239. The fraction of sp³-hybridized carbons (Fsp3) is 0.714. The van der Waals surface area contributed by atoms with E-state index in [0.29, 0.717) is 35.3 Å². The number of carbonyl (C=O) groups is 2. The molecule has 1 aromatic rings. The summed E-state index contributed by atoms with van der Waals surface area (Å²) in [7, 11) is 0. The van der Waals surface area contributed by atoms with Gasteiger partial charge in [-0.3, -0.25) is 14.5 Å². The van der Waals surface area contributed by atoms with E-state index in [-0.39, 0.29) is 11.7 Å². The summed E-state index contributed by atoms with van der Waals surface area (Å²) >= 11 is 0. The zero-order chi connectivity index (χ0) is 18.3. The van der Waals surface area contributed by atoms with E-state index in [4.69, 9.17) is 4.42 Å². The predicted octanol–water partition coefficient (Wildman–Crippen LogP) is 3.38.